The topological polar surface area (TPSA) is 60.4 Å². The second-order valence-corrected chi connectivity index (χ2v) is 25.4. The van der Waals surface area contributed by atoms with E-state index >= 15 is 0 Å². The number of rotatable bonds is 19. The summed E-state index contributed by atoms with van der Waals surface area (Å²) in [6.45, 7) is 11.7. The summed E-state index contributed by atoms with van der Waals surface area (Å²) in [5.74, 6) is 0.368. The van der Waals surface area contributed by atoms with Crippen molar-refractivity contribution in [2.45, 2.75) is 108 Å². The van der Waals surface area contributed by atoms with Crippen molar-refractivity contribution in [3.05, 3.63) is 0 Å². The van der Waals surface area contributed by atoms with Crippen molar-refractivity contribution >= 4 is 39.8 Å². The summed E-state index contributed by atoms with van der Waals surface area (Å²) in [6.07, 6.45) is 6.43. The number of hydrogen-bond acceptors (Lipinski definition) is 4. The fourth-order valence-electron chi connectivity index (χ4n) is 3.96. The third-order valence-corrected chi connectivity index (χ3v) is 20.8. The van der Waals surface area contributed by atoms with Crippen molar-refractivity contribution in [3.63, 3.8) is 0 Å². The minimum Gasteiger partial charge on any atom is -0.455 e. The molecule has 0 unspecified atom stereocenters. The molecular formula is C22H50NO4Si4+. The average molecular weight is 505 g/mol. The van der Waals surface area contributed by atoms with Gasteiger partial charge in [0.05, 0.1) is 27.7 Å². The number of Topliss-reactive ketones (excluding diaryl/α,β-unsaturated/α-hetero) is 1. The number of hydrogen-bond donors (Lipinski definition) is 0. The Morgan fingerprint density at radius 1 is 0.806 bits per heavy atom. The van der Waals surface area contributed by atoms with E-state index in [9.17, 15) is 13.7 Å². The quantitative estimate of drug-likeness (QED) is 0.128. The first-order chi connectivity index (χ1) is 14.2. The molecule has 0 aromatic rings. The van der Waals surface area contributed by atoms with Gasteiger partial charge in [-0.15, -0.1) is 0 Å². The van der Waals surface area contributed by atoms with Gasteiger partial charge in [-0.1, -0.05) is 20.3 Å². The fraction of sp³-hybridized carbons (Fsp3) is 0.955. The monoisotopic (exact) mass is 504 g/mol. The van der Waals surface area contributed by atoms with Crippen molar-refractivity contribution in [2.75, 3.05) is 27.7 Å². The smallest absolute Gasteiger partial charge is 0.275 e. The van der Waals surface area contributed by atoms with Crippen molar-refractivity contribution in [2.24, 2.45) is 0 Å². The molecule has 0 aliphatic carbocycles. The van der Waals surface area contributed by atoms with E-state index in [0.717, 1.165) is 42.8 Å². The molecule has 0 heterocycles. The molecule has 0 amide bonds. The number of quaternary nitrogens is 1. The summed E-state index contributed by atoms with van der Waals surface area (Å²) in [5, 5.41) is 0. The zero-order valence-corrected chi connectivity index (χ0v) is 25.8. The predicted octanol–water partition coefficient (Wildman–Crippen LogP) is 5.75. The van der Waals surface area contributed by atoms with Crippen LogP contribution in [-0.4, -0.2) is 72.0 Å². The number of carbonyl (C=O) groups excluding carboxylic acids is 1. The van der Waals surface area contributed by atoms with Crippen LogP contribution >= 0.6 is 0 Å². The van der Waals surface area contributed by atoms with E-state index in [1.807, 2.05) is 13.8 Å². The van der Waals surface area contributed by atoms with Crippen molar-refractivity contribution in [1.82, 2.24) is 0 Å². The molecule has 31 heavy (non-hydrogen) atoms. The Kier molecular flexibility index (Phi) is 15.1. The van der Waals surface area contributed by atoms with Crippen LogP contribution in [0.4, 0.5) is 0 Å². The van der Waals surface area contributed by atoms with Crippen LogP contribution in [0.25, 0.3) is 0 Å². The van der Waals surface area contributed by atoms with Crippen LogP contribution in [-0.2, 0) is 17.8 Å². The summed E-state index contributed by atoms with van der Waals surface area (Å²) in [7, 11) is -0.869. The van der Waals surface area contributed by atoms with Crippen LogP contribution in [0.3, 0.4) is 0 Å². The van der Waals surface area contributed by atoms with Gasteiger partial charge < -0.3 is 17.5 Å². The Bertz CT molecular complexity index is 553. The first-order valence-electron chi connectivity index (χ1n) is 12.3. The van der Waals surface area contributed by atoms with Crippen molar-refractivity contribution in [1.29, 1.82) is 0 Å². The van der Waals surface area contributed by atoms with Crippen molar-refractivity contribution < 1.29 is 22.3 Å². The molecular weight excluding hydrogens is 455 g/mol. The van der Waals surface area contributed by atoms with Gasteiger partial charge in [0.15, 0.2) is 16.6 Å². The van der Waals surface area contributed by atoms with Crippen LogP contribution in [0.15, 0.2) is 0 Å². The third-order valence-electron chi connectivity index (χ3n) is 5.47. The highest BCUT2D eigenvalue weighted by molar-refractivity contribution is 6.94. The molecule has 0 atom stereocenters. The SMILES string of the molecule is CC[Si](=O)C[Si](CCCCC(=O)CCCCC[N+](C)(C)C)(C[Si](=O)CC)O[Si](C)(C)C. The highest BCUT2D eigenvalue weighted by atomic mass is 28.5. The second-order valence-electron chi connectivity index (χ2n) is 11.1. The standard InChI is InChI=1S/C22H50NO4Si4/c1-9-28(25)20-31(21-29(26)10-2,27-30(6,7)8)19-15-13-17-22(24)16-12-11-14-18-23(3,4)5/h9-21H2,1-8H3/q+1. The Balaban J connectivity index is 4.71. The first-order valence-corrected chi connectivity index (χ1v) is 21.9. The summed E-state index contributed by atoms with van der Waals surface area (Å²) in [6, 6.07) is 2.31. The molecule has 5 nitrogen and oxygen atoms in total. The summed E-state index contributed by atoms with van der Waals surface area (Å²) < 4.78 is 32.9. The molecule has 0 aromatic carbocycles. The summed E-state index contributed by atoms with van der Waals surface area (Å²) in [4.78, 5) is 12.3. The maximum atomic E-state index is 12.6. The highest BCUT2D eigenvalue weighted by Crippen LogP contribution is 2.30. The van der Waals surface area contributed by atoms with Crippen LogP contribution in [0.5, 0.6) is 0 Å². The van der Waals surface area contributed by atoms with Gasteiger partial charge in [-0.2, -0.15) is 0 Å². The molecule has 0 bridgehead atoms. The zero-order valence-electron chi connectivity index (χ0n) is 21.8. The molecule has 0 fully saturated rings. The fourth-order valence-corrected chi connectivity index (χ4v) is 23.1. The lowest BCUT2D eigenvalue weighted by Crippen LogP contribution is -2.50. The van der Waals surface area contributed by atoms with E-state index < -0.39 is 34.0 Å². The summed E-state index contributed by atoms with van der Waals surface area (Å²) >= 11 is 0. The van der Waals surface area contributed by atoms with Gasteiger partial charge in [0.25, 0.3) is 17.4 Å². The van der Waals surface area contributed by atoms with Gasteiger partial charge in [-0.25, -0.2) is 0 Å². The average Bonchev–Trinajstić information content (AvgIpc) is 2.62. The predicted molar refractivity (Wildman–Crippen MR) is 139 cm³/mol. The lowest BCUT2D eigenvalue weighted by molar-refractivity contribution is -0.870. The van der Waals surface area contributed by atoms with E-state index in [0.29, 0.717) is 42.0 Å². The number of carbonyl (C=O) groups is 1. The minimum atomic E-state index is -2.31. The first kappa shape index (κ1) is 31.1. The Morgan fingerprint density at radius 3 is 1.71 bits per heavy atom. The van der Waals surface area contributed by atoms with Crippen LogP contribution in [0.2, 0.25) is 49.1 Å². The van der Waals surface area contributed by atoms with E-state index in [1.165, 1.54) is 6.42 Å². The molecule has 182 valence electrons. The van der Waals surface area contributed by atoms with Crippen LogP contribution in [0, 0.1) is 0 Å². The van der Waals surface area contributed by atoms with Crippen LogP contribution in [0.1, 0.15) is 58.8 Å². The molecule has 0 radical (unpaired) electrons. The molecule has 0 aromatic heterocycles. The molecule has 0 spiro atoms. The maximum Gasteiger partial charge on any atom is 0.275 e. The Morgan fingerprint density at radius 2 is 1.29 bits per heavy atom. The van der Waals surface area contributed by atoms with Gasteiger partial charge in [0, 0.05) is 24.2 Å². The number of nitrogens with zero attached hydrogens (tertiary/aromatic N) is 1. The number of ketones is 1. The van der Waals surface area contributed by atoms with Gasteiger partial charge >= 0.3 is 0 Å². The molecule has 0 saturated heterocycles. The maximum absolute atomic E-state index is 12.6. The van der Waals surface area contributed by atoms with Gasteiger partial charge in [0.1, 0.15) is 5.78 Å². The molecule has 0 N–H and O–H groups in total. The Hall–Kier alpha value is 0.0575. The minimum absolute atomic E-state index is 0.368. The van der Waals surface area contributed by atoms with Crippen LogP contribution < -0.4 is 0 Å². The van der Waals surface area contributed by atoms with Gasteiger partial charge in [-0.05, 0) is 63.5 Å². The second kappa shape index (κ2) is 15.1. The molecule has 0 aliphatic heterocycles. The van der Waals surface area contributed by atoms with Gasteiger partial charge in [0.2, 0.25) is 0 Å². The third kappa shape index (κ3) is 17.2. The molecule has 0 rings (SSSR count). The number of unbranched alkanes of at least 4 members (excludes halogenated alkanes) is 3. The molecule has 0 saturated carbocycles. The molecule has 0 aliphatic rings. The van der Waals surface area contributed by atoms with E-state index in [2.05, 4.69) is 40.8 Å². The molecule has 9 heteroatoms. The lowest BCUT2D eigenvalue weighted by Gasteiger charge is -2.37. The highest BCUT2D eigenvalue weighted by Gasteiger charge is 2.42. The lowest BCUT2D eigenvalue weighted by atomic mass is 10.1. The largest absolute Gasteiger partial charge is 0.455 e. The zero-order chi connectivity index (χ0) is 24.1. The normalized spacial score (nSPS) is 12.8. The van der Waals surface area contributed by atoms with E-state index in [4.69, 9.17) is 4.12 Å². The summed E-state index contributed by atoms with van der Waals surface area (Å²) in [5.41, 5.74) is 1.35. The van der Waals surface area contributed by atoms with Gasteiger partial charge in [-0.3, -0.25) is 4.79 Å². The van der Waals surface area contributed by atoms with Crippen molar-refractivity contribution in [3.8, 4) is 0 Å². The van der Waals surface area contributed by atoms with E-state index in [1.54, 1.807) is 0 Å². The Labute approximate surface area is 197 Å². The van der Waals surface area contributed by atoms with E-state index in [-0.39, 0.29) is 0 Å².